The molecule has 0 bridgehead atoms. The van der Waals surface area contributed by atoms with Crippen LogP contribution in [-0.4, -0.2) is 34.8 Å². The average molecular weight is 417 g/mol. The Kier molecular flexibility index (Phi) is 4.28. The number of rotatable bonds is 3. The van der Waals surface area contributed by atoms with E-state index in [4.69, 9.17) is 32.7 Å². The number of benzene rings is 2. The van der Waals surface area contributed by atoms with Crippen LogP contribution in [0.5, 0.6) is 0 Å². The number of halogens is 2. The van der Waals surface area contributed by atoms with E-state index in [0.29, 0.717) is 21.2 Å². The number of carbonyl (C=O) groups excluding carboxylic acids is 2. The summed E-state index contributed by atoms with van der Waals surface area (Å²) in [5.74, 6) is -1.15. The first-order valence-electron chi connectivity index (χ1n) is 8.39. The highest BCUT2D eigenvalue weighted by molar-refractivity contribution is 6.31. The van der Waals surface area contributed by atoms with Gasteiger partial charge in [-0.15, -0.1) is 0 Å². The van der Waals surface area contributed by atoms with Crippen LogP contribution in [0.15, 0.2) is 58.5 Å². The third-order valence-electron chi connectivity index (χ3n) is 4.95. The molecule has 142 valence electrons. The maximum absolute atomic E-state index is 12.7. The van der Waals surface area contributed by atoms with Gasteiger partial charge in [-0.1, -0.05) is 23.2 Å². The van der Waals surface area contributed by atoms with Crippen LogP contribution in [0.2, 0.25) is 10.0 Å². The Hall–Kier alpha value is -2.70. The van der Waals surface area contributed by atoms with Gasteiger partial charge in [0.15, 0.2) is 11.1 Å². The van der Waals surface area contributed by atoms with Crippen LogP contribution < -0.4 is 0 Å². The van der Waals surface area contributed by atoms with E-state index in [2.05, 4.69) is 9.98 Å². The molecule has 2 heterocycles. The molecule has 0 amide bonds. The number of cyclic esters (lactones) is 2. The fourth-order valence-electron chi connectivity index (χ4n) is 2.96. The summed E-state index contributed by atoms with van der Waals surface area (Å²) in [7, 11) is 0. The van der Waals surface area contributed by atoms with Crippen LogP contribution in [0.1, 0.15) is 25.0 Å². The minimum Gasteiger partial charge on any atom is -0.405 e. The first-order valence-corrected chi connectivity index (χ1v) is 9.15. The van der Waals surface area contributed by atoms with Gasteiger partial charge in [0.1, 0.15) is 0 Å². The Labute approximate surface area is 170 Å². The highest BCUT2D eigenvalue weighted by atomic mass is 35.5. The molecule has 2 aliphatic heterocycles. The zero-order valence-corrected chi connectivity index (χ0v) is 16.4. The van der Waals surface area contributed by atoms with Crippen LogP contribution >= 0.6 is 23.2 Å². The Morgan fingerprint density at radius 1 is 0.679 bits per heavy atom. The fraction of sp³-hybridized carbons (Fsp3) is 0.200. The molecule has 0 N–H and O–H groups in total. The van der Waals surface area contributed by atoms with Crippen molar-refractivity contribution in [2.75, 3.05) is 0 Å². The van der Waals surface area contributed by atoms with Gasteiger partial charge < -0.3 is 9.47 Å². The molecule has 0 saturated heterocycles. The van der Waals surface area contributed by atoms with Crippen molar-refractivity contribution in [3.05, 3.63) is 69.7 Å². The molecule has 28 heavy (non-hydrogen) atoms. The van der Waals surface area contributed by atoms with Crippen LogP contribution in [0.25, 0.3) is 0 Å². The minimum absolute atomic E-state index is 0.105. The third-order valence-corrected chi connectivity index (χ3v) is 5.46. The number of aliphatic imine (C=N–C) groups is 2. The van der Waals surface area contributed by atoms with Crippen molar-refractivity contribution < 1.29 is 19.1 Å². The second-order valence-electron chi connectivity index (χ2n) is 6.77. The van der Waals surface area contributed by atoms with E-state index >= 15 is 0 Å². The van der Waals surface area contributed by atoms with E-state index in [-0.39, 0.29) is 11.8 Å². The van der Waals surface area contributed by atoms with Gasteiger partial charge in [-0.25, -0.2) is 19.6 Å². The fourth-order valence-corrected chi connectivity index (χ4v) is 3.22. The summed E-state index contributed by atoms with van der Waals surface area (Å²) in [6.45, 7) is 3.02. The molecule has 0 spiro atoms. The van der Waals surface area contributed by atoms with Gasteiger partial charge in [-0.2, -0.15) is 0 Å². The van der Waals surface area contributed by atoms with Gasteiger partial charge in [0, 0.05) is 21.2 Å². The first-order chi connectivity index (χ1) is 13.2. The van der Waals surface area contributed by atoms with Crippen molar-refractivity contribution >= 4 is 46.9 Å². The normalized spacial score (nSPS) is 26.6. The summed E-state index contributed by atoms with van der Waals surface area (Å²) < 4.78 is 10.7. The van der Waals surface area contributed by atoms with Gasteiger partial charge in [0.25, 0.3) is 0 Å². The predicted molar refractivity (Wildman–Crippen MR) is 105 cm³/mol. The number of nitrogens with zero attached hydrogens (tertiary/aromatic N) is 2. The maximum Gasteiger partial charge on any atom is 0.343 e. The molecule has 0 fully saturated rings. The summed E-state index contributed by atoms with van der Waals surface area (Å²) in [5, 5.41) is 1.08. The smallest absolute Gasteiger partial charge is 0.343 e. The number of hydrogen-bond donors (Lipinski definition) is 0. The van der Waals surface area contributed by atoms with Gasteiger partial charge >= 0.3 is 11.9 Å². The van der Waals surface area contributed by atoms with Crippen molar-refractivity contribution in [1.29, 1.82) is 0 Å². The van der Waals surface area contributed by atoms with Gasteiger partial charge in [0.2, 0.25) is 11.8 Å². The van der Waals surface area contributed by atoms with E-state index in [9.17, 15) is 9.59 Å². The van der Waals surface area contributed by atoms with E-state index in [1.54, 1.807) is 48.5 Å². The SMILES string of the molecule is CC1(C2(C)N=C(c3ccc(Cl)cc3)OC2=O)N=C(c2ccc(Cl)cc2)OC1=O. The quantitative estimate of drug-likeness (QED) is 0.712. The van der Waals surface area contributed by atoms with Crippen molar-refractivity contribution in [1.82, 2.24) is 0 Å². The van der Waals surface area contributed by atoms with Crippen molar-refractivity contribution in [3.8, 4) is 0 Å². The largest absolute Gasteiger partial charge is 0.405 e. The predicted octanol–water partition coefficient (Wildman–Crippen LogP) is 3.82. The summed E-state index contributed by atoms with van der Waals surface area (Å²) in [5.41, 5.74) is -2.02. The molecule has 2 unspecified atom stereocenters. The molecule has 2 aromatic rings. The van der Waals surface area contributed by atoms with Crippen molar-refractivity contribution in [2.45, 2.75) is 24.9 Å². The van der Waals surface area contributed by atoms with E-state index in [1.807, 2.05) is 0 Å². The summed E-state index contributed by atoms with van der Waals surface area (Å²) in [4.78, 5) is 34.3. The molecule has 0 radical (unpaired) electrons. The van der Waals surface area contributed by atoms with Crippen LogP contribution in [0.3, 0.4) is 0 Å². The minimum atomic E-state index is -1.58. The lowest BCUT2D eigenvalue weighted by Gasteiger charge is -2.28. The molecule has 0 aliphatic carbocycles. The lowest BCUT2D eigenvalue weighted by atomic mass is 9.81. The molecule has 2 aromatic carbocycles. The Balaban J connectivity index is 1.75. The van der Waals surface area contributed by atoms with Crippen molar-refractivity contribution in [2.24, 2.45) is 9.98 Å². The second-order valence-corrected chi connectivity index (χ2v) is 7.64. The highest BCUT2D eigenvalue weighted by Crippen LogP contribution is 2.40. The molecule has 6 nitrogen and oxygen atoms in total. The van der Waals surface area contributed by atoms with E-state index in [1.165, 1.54) is 13.8 Å². The molecular weight excluding hydrogens is 403 g/mol. The molecule has 0 aromatic heterocycles. The molecule has 8 heteroatoms. The summed E-state index contributed by atoms with van der Waals surface area (Å²) in [6.07, 6.45) is 0. The van der Waals surface area contributed by atoms with Crippen LogP contribution in [0, 0.1) is 0 Å². The van der Waals surface area contributed by atoms with Gasteiger partial charge in [0.05, 0.1) is 0 Å². The Morgan fingerprint density at radius 2 is 1.00 bits per heavy atom. The van der Waals surface area contributed by atoms with Crippen molar-refractivity contribution in [3.63, 3.8) is 0 Å². The van der Waals surface area contributed by atoms with Crippen LogP contribution in [-0.2, 0) is 19.1 Å². The third kappa shape index (κ3) is 2.80. The number of ether oxygens (including phenoxy) is 2. The molecule has 2 atom stereocenters. The van der Waals surface area contributed by atoms with E-state index < -0.39 is 23.0 Å². The summed E-state index contributed by atoms with van der Waals surface area (Å²) >= 11 is 11.8. The van der Waals surface area contributed by atoms with Gasteiger partial charge in [-0.3, -0.25) is 0 Å². The van der Waals surface area contributed by atoms with E-state index in [0.717, 1.165) is 0 Å². The molecular formula is C20H14Cl2N2O4. The number of hydrogen-bond acceptors (Lipinski definition) is 6. The Morgan fingerprint density at radius 3 is 1.32 bits per heavy atom. The number of carbonyl (C=O) groups is 2. The van der Waals surface area contributed by atoms with Gasteiger partial charge in [-0.05, 0) is 62.4 Å². The number of esters is 2. The monoisotopic (exact) mass is 416 g/mol. The lowest BCUT2D eigenvalue weighted by Crippen LogP contribution is -2.55. The molecule has 0 saturated carbocycles. The zero-order chi connectivity index (χ0) is 20.1. The summed E-state index contributed by atoms with van der Waals surface area (Å²) in [6, 6.07) is 13.3. The van der Waals surface area contributed by atoms with Crippen LogP contribution in [0.4, 0.5) is 0 Å². The lowest BCUT2D eigenvalue weighted by molar-refractivity contribution is -0.149. The maximum atomic E-state index is 12.7. The zero-order valence-electron chi connectivity index (χ0n) is 14.9. The molecule has 2 aliphatic rings. The highest BCUT2D eigenvalue weighted by Gasteiger charge is 2.63. The molecule has 4 rings (SSSR count). The topological polar surface area (TPSA) is 77.3 Å². The standard InChI is InChI=1S/C20H14Cl2N2O4/c1-19(17(25)27-15(23-19)11-3-7-13(21)8-4-11)20(2)18(26)28-16(24-20)12-5-9-14(22)10-6-12/h3-10H,1-2H3. The second kappa shape index (κ2) is 6.43. The first kappa shape index (κ1) is 18.7. The Bertz CT molecular complexity index is 961. The average Bonchev–Trinajstić information content (AvgIpc) is 3.15.